The van der Waals surface area contributed by atoms with Gasteiger partial charge >= 0.3 is 0 Å². The molecule has 2 N–H and O–H groups in total. The lowest BCUT2D eigenvalue weighted by atomic mass is 10.1. The van der Waals surface area contributed by atoms with E-state index in [4.69, 9.17) is 4.74 Å². The van der Waals surface area contributed by atoms with E-state index in [0.717, 1.165) is 6.08 Å². The molecule has 1 saturated heterocycles. The second kappa shape index (κ2) is 7.43. The summed E-state index contributed by atoms with van der Waals surface area (Å²) in [5.74, 6) is -2.53. The first-order valence-corrected chi connectivity index (χ1v) is 8.95. The summed E-state index contributed by atoms with van der Waals surface area (Å²) in [5.41, 5.74) is 4.78. The van der Waals surface area contributed by atoms with Crippen LogP contribution >= 0.6 is 0 Å². The molecule has 0 spiro atoms. The highest BCUT2D eigenvalue weighted by atomic mass is 32.2. The SMILES string of the molecule is COc1ccc(/C=C/C(=O)NNC(=O)[C@H]2CCS(=O)(=O)C2)cc1F. The lowest BCUT2D eigenvalue weighted by molar-refractivity contribution is -0.129. The molecule has 0 bridgehead atoms. The van der Waals surface area contributed by atoms with Crippen LogP contribution in [-0.4, -0.2) is 38.8 Å². The van der Waals surface area contributed by atoms with E-state index >= 15 is 0 Å². The van der Waals surface area contributed by atoms with Crippen molar-refractivity contribution in [3.63, 3.8) is 0 Å². The van der Waals surface area contributed by atoms with Crippen LogP contribution in [0, 0.1) is 11.7 Å². The summed E-state index contributed by atoms with van der Waals surface area (Å²) in [6, 6.07) is 4.19. The fraction of sp³-hybridized carbons (Fsp3) is 0.333. The summed E-state index contributed by atoms with van der Waals surface area (Å²) in [6.07, 6.45) is 2.72. The molecule has 0 aliphatic carbocycles. The molecule has 0 aromatic heterocycles. The van der Waals surface area contributed by atoms with E-state index in [9.17, 15) is 22.4 Å². The minimum Gasteiger partial charge on any atom is -0.494 e. The van der Waals surface area contributed by atoms with Crippen molar-refractivity contribution in [2.45, 2.75) is 6.42 Å². The van der Waals surface area contributed by atoms with Gasteiger partial charge in [-0.3, -0.25) is 20.4 Å². The van der Waals surface area contributed by atoms with Crippen molar-refractivity contribution in [3.8, 4) is 5.75 Å². The van der Waals surface area contributed by atoms with Crippen molar-refractivity contribution in [1.29, 1.82) is 0 Å². The third-order valence-electron chi connectivity index (χ3n) is 3.52. The van der Waals surface area contributed by atoms with E-state index < -0.39 is 33.4 Å². The molecule has 1 fully saturated rings. The summed E-state index contributed by atoms with van der Waals surface area (Å²) < 4.78 is 40.9. The number of hydrazine groups is 1. The van der Waals surface area contributed by atoms with E-state index in [0.29, 0.717) is 5.56 Å². The normalized spacial score (nSPS) is 19.2. The quantitative estimate of drug-likeness (QED) is 0.602. The first-order chi connectivity index (χ1) is 11.3. The molecule has 24 heavy (non-hydrogen) atoms. The first-order valence-electron chi connectivity index (χ1n) is 7.12. The molecule has 1 atom stereocenters. The molecule has 1 aliphatic rings. The molecule has 130 valence electrons. The summed E-state index contributed by atoms with van der Waals surface area (Å²) >= 11 is 0. The molecule has 1 aliphatic heterocycles. The zero-order chi connectivity index (χ0) is 17.7. The Morgan fingerprint density at radius 2 is 2.08 bits per heavy atom. The topological polar surface area (TPSA) is 102 Å². The van der Waals surface area contributed by atoms with Crippen LogP contribution in [0.2, 0.25) is 0 Å². The van der Waals surface area contributed by atoms with Crippen LogP contribution in [0.15, 0.2) is 24.3 Å². The molecule has 9 heteroatoms. The number of amides is 2. The maximum absolute atomic E-state index is 13.5. The van der Waals surface area contributed by atoms with Crippen molar-refractivity contribution in [3.05, 3.63) is 35.7 Å². The number of methoxy groups -OCH3 is 1. The zero-order valence-electron chi connectivity index (χ0n) is 12.9. The Bertz CT molecular complexity index is 776. The maximum Gasteiger partial charge on any atom is 0.262 e. The number of hydrogen-bond acceptors (Lipinski definition) is 5. The van der Waals surface area contributed by atoms with Gasteiger partial charge in [0.1, 0.15) is 0 Å². The van der Waals surface area contributed by atoms with Crippen LogP contribution in [0.5, 0.6) is 5.75 Å². The average molecular weight is 356 g/mol. The van der Waals surface area contributed by atoms with Crippen molar-refractivity contribution in [2.24, 2.45) is 5.92 Å². The van der Waals surface area contributed by atoms with Crippen molar-refractivity contribution in [2.75, 3.05) is 18.6 Å². The van der Waals surface area contributed by atoms with Gasteiger partial charge in [-0.05, 0) is 30.2 Å². The lowest BCUT2D eigenvalue weighted by Gasteiger charge is -2.09. The number of nitrogens with one attached hydrogen (secondary N) is 2. The minimum absolute atomic E-state index is 0.0258. The standard InChI is InChI=1S/C15H17FN2O5S/c1-23-13-4-2-10(8-12(13)16)3-5-14(19)17-18-15(20)11-6-7-24(21,22)9-11/h2-5,8,11H,6-7,9H2,1H3,(H,17,19)(H,18,20)/b5-3+/t11-/m0/s1. The molecule has 2 rings (SSSR count). The number of halogens is 1. The molecule has 1 heterocycles. The number of rotatable bonds is 4. The second-order valence-corrected chi connectivity index (χ2v) is 7.53. The third kappa shape index (κ3) is 4.79. The van der Waals surface area contributed by atoms with Crippen LogP contribution < -0.4 is 15.6 Å². The highest BCUT2D eigenvalue weighted by molar-refractivity contribution is 7.91. The highest BCUT2D eigenvalue weighted by Gasteiger charge is 2.32. The zero-order valence-corrected chi connectivity index (χ0v) is 13.7. The highest BCUT2D eigenvalue weighted by Crippen LogP contribution is 2.19. The Labute approximate surface area is 138 Å². The van der Waals surface area contributed by atoms with Crippen molar-refractivity contribution < 1.29 is 27.1 Å². The van der Waals surface area contributed by atoms with Gasteiger partial charge in [-0.1, -0.05) is 6.07 Å². The predicted molar refractivity (Wildman–Crippen MR) is 85.0 cm³/mol. The molecule has 1 aromatic rings. The average Bonchev–Trinajstić information content (AvgIpc) is 2.91. The van der Waals surface area contributed by atoms with E-state index in [1.165, 1.54) is 25.3 Å². The van der Waals surface area contributed by atoms with E-state index in [1.807, 2.05) is 0 Å². The van der Waals surface area contributed by atoms with Crippen LogP contribution in [0.3, 0.4) is 0 Å². The van der Waals surface area contributed by atoms with Crippen molar-refractivity contribution in [1.82, 2.24) is 10.9 Å². The van der Waals surface area contributed by atoms with Crippen LogP contribution in [0.25, 0.3) is 6.08 Å². The van der Waals surface area contributed by atoms with Gasteiger partial charge in [-0.25, -0.2) is 12.8 Å². The molecular formula is C15H17FN2O5S. The molecule has 0 radical (unpaired) electrons. The number of benzene rings is 1. The Balaban J connectivity index is 1.85. The van der Waals surface area contributed by atoms with Crippen LogP contribution in [-0.2, 0) is 19.4 Å². The van der Waals surface area contributed by atoms with Crippen molar-refractivity contribution >= 4 is 27.7 Å². The summed E-state index contributed by atoms with van der Waals surface area (Å²) in [7, 11) is -1.82. The monoisotopic (exact) mass is 356 g/mol. The smallest absolute Gasteiger partial charge is 0.262 e. The van der Waals surface area contributed by atoms with Crippen LogP contribution in [0.1, 0.15) is 12.0 Å². The molecular weight excluding hydrogens is 339 g/mol. The van der Waals surface area contributed by atoms with Gasteiger partial charge in [0.15, 0.2) is 21.4 Å². The molecule has 2 amide bonds. The fourth-order valence-corrected chi connectivity index (χ4v) is 3.97. The molecule has 0 saturated carbocycles. The Morgan fingerprint density at radius 1 is 1.33 bits per heavy atom. The van der Waals surface area contributed by atoms with Gasteiger partial charge in [-0.15, -0.1) is 0 Å². The fourth-order valence-electron chi connectivity index (χ4n) is 2.23. The summed E-state index contributed by atoms with van der Waals surface area (Å²) in [5, 5.41) is 0. The van der Waals surface area contributed by atoms with Gasteiger partial charge in [0.05, 0.1) is 24.5 Å². The molecule has 7 nitrogen and oxygen atoms in total. The number of ether oxygens (including phenoxy) is 1. The number of hydrogen-bond donors (Lipinski definition) is 2. The van der Waals surface area contributed by atoms with Gasteiger partial charge in [0.2, 0.25) is 5.91 Å². The van der Waals surface area contributed by atoms with Gasteiger partial charge in [0.25, 0.3) is 5.91 Å². The van der Waals surface area contributed by atoms with Gasteiger partial charge in [0, 0.05) is 6.08 Å². The molecule has 0 unspecified atom stereocenters. The van der Waals surface area contributed by atoms with Crippen LogP contribution in [0.4, 0.5) is 4.39 Å². The first kappa shape index (κ1) is 17.9. The predicted octanol–water partition coefficient (Wildman–Crippen LogP) is 0.430. The lowest BCUT2D eigenvalue weighted by Crippen LogP contribution is -2.44. The number of sulfone groups is 1. The number of carbonyl (C=O) groups is 2. The maximum atomic E-state index is 13.5. The number of carbonyl (C=O) groups excluding carboxylic acids is 2. The van der Waals surface area contributed by atoms with Gasteiger partial charge in [-0.2, -0.15) is 0 Å². The summed E-state index contributed by atoms with van der Waals surface area (Å²) in [6.45, 7) is 0. The summed E-state index contributed by atoms with van der Waals surface area (Å²) in [4.78, 5) is 23.4. The van der Waals surface area contributed by atoms with E-state index in [2.05, 4.69) is 10.9 Å². The minimum atomic E-state index is -3.17. The molecule has 1 aromatic carbocycles. The second-order valence-electron chi connectivity index (χ2n) is 5.31. The Morgan fingerprint density at radius 3 is 2.67 bits per heavy atom. The Kier molecular flexibility index (Phi) is 5.55. The van der Waals surface area contributed by atoms with E-state index in [1.54, 1.807) is 6.07 Å². The third-order valence-corrected chi connectivity index (χ3v) is 5.28. The van der Waals surface area contributed by atoms with Gasteiger partial charge < -0.3 is 4.74 Å². The van der Waals surface area contributed by atoms with E-state index in [-0.39, 0.29) is 23.7 Å². The largest absolute Gasteiger partial charge is 0.494 e. The Hall–Kier alpha value is -2.42.